The van der Waals surface area contributed by atoms with Crippen LogP contribution in [0.25, 0.3) is 0 Å². The minimum atomic E-state index is -1.42. The van der Waals surface area contributed by atoms with Crippen LogP contribution in [-0.4, -0.2) is 216 Å². The fourth-order valence-corrected chi connectivity index (χ4v) is 12.4. The Morgan fingerprint density at radius 1 is 0.594 bits per heavy atom. The van der Waals surface area contributed by atoms with E-state index in [2.05, 4.69) is 26.6 Å². The molecule has 2 aromatic rings. The molecule has 2 aromatic carbocycles. The number of amides is 9. The van der Waals surface area contributed by atoms with Crippen molar-refractivity contribution in [2.24, 2.45) is 35.5 Å². The van der Waals surface area contributed by atoms with Gasteiger partial charge in [-0.05, 0) is 122 Å². The molecule has 0 aliphatic carbocycles. The summed E-state index contributed by atoms with van der Waals surface area (Å²) in [5, 5.41) is 24.9. The molecule has 6 N–H and O–H groups in total. The second-order valence-electron chi connectivity index (χ2n) is 29.3. The maximum Gasteiger partial charge on any atom is 0.245 e. The van der Waals surface area contributed by atoms with E-state index in [9.17, 15) is 57.8 Å². The summed E-state index contributed by atoms with van der Waals surface area (Å²) in [6, 6.07) is 12.6. The van der Waals surface area contributed by atoms with Crippen molar-refractivity contribution >= 4 is 64.7 Å². The highest BCUT2D eigenvalue weighted by Crippen LogP contribution is 2.25. The highest BCUT2D eigenvalue weighted by molar-refractivity contribution is 5.96. The van der Waals surface area contributed by atoms with E-state index in [4.69, 9.17) is 4.74 Å². The van der Waals surface area contributed by atoms with Crippen LogP contribution in [0.5, 0.6) is 0 Å². The van der Waals surface area contributed by atoms with E-state index in [0.717, 1.165) is 30.4 Å². The van der Waals surface area contributed by atoms with E-state index in [0.29, 0.717) is 38.8 Å². The van der Waals surface area contributed by atoms with Gasteiger partial charge in [0.25, 0.3) is 0 Å². The van der Waals surface area contributed by atoms with Gasteiger partial charge in [-0.25, -0.2) is 0 Å². The molecule has 0 spiro atoms. The van der Waals surface area contributed by atoms with Crippen molar-refractivity contribution in [1.82, 2.24) is 51.1 Å². The molecule has 4 rings (SSSR count). The molecule has 2 aliphatic heterocycles. The number of likely N-dealkylation sites (tertiary alicyclic amines) is 1. The lowest BCUT2D eigenvalue weighted by atomic mass is 9.90. The third-order valence-electron chi connectivity index (χ3n) is 18.0. The summed E-state index contributed by atoms with van der Waals surface area (Å²) >= 11 is 0. The topological polar surface area (TPSA) is 294 Å². The van der Waals surface area contributed by atoms with Gasteiger partial charge in [0.05, 0.1) is 43.1 Å². The number of nitrogens with zero attached hydrogens (tertiary/aromatic N) is 5. The minimum Gasteiger partial charge on any atom is -0.391 e. The van der Waals surface area contributed by atoms with E-state index in [1.54, 1.807) is 58.6 Å². The summed E-state index contributed by atoms with van der Waals surface area (Å²) in [6.45, 7) is 20.3. The van der Waals surface area contributed by atoms with Gasteiger partial charge in [-0.1, -0.05) is 102 Å². The quantitative estimate of drug-likeness (QED) is 0.140. The second kappa shape index (κ2) is 39.9. The molecule has 2 heterocycles. The number of likely N-dealkylation sites (N-methyl/N-ethyl adjacent to an activating group) is 1. The van der Waals surface area contributed by atoms with Gasteiger partial charge in [0.2, 0.25) is 53.2 Å². The van der Waals surface area contributed by atoms with Crippen LogP contribution < -0.4 is 26.6 Å². The van der Waals surface area contributed by atoms with Crippen molar-refractivity contribution in [2.75, 3.05) is 74.1 Å². The number of benzene rings is 2. The first-order chi connectivity index (χ1) is 45.1. The lowest BCUT2D eigenvalue weighted by Gasteiger charge is -2.33. The Hall–Kier alpha value is -7.11. The molecule has 2 fully saturated rings. The molecule has 0 bridgehead atoms. The molecule has 96 heavy (non-hydrogen) atoms. The van der Waals surface area contributed by atoms with E-state index >= 15 is 0 Å². The maximum atomic E-state index is 14.9. The van der Waals surface area contributed by atoms with Crippen molar-refractivity contribution < 1.29 is 62.6 Å². The summed E-state index contributed by atoms with van der Waals surface area (Å²) in [6.07, 6.45) is 1.36. The third-order valence-corrected chi connectivity index (χ3v) is 18.0. The number of hydrogen-bond donors (Lipinski definition) is 6. The number of Topliss-reactive ketones (excluding diaryl/α,β-unsaturated/α-hetero) is 2. The number of ketones is 2. The number of nitrogens with one attached hydrogen (secondary N) is 5. The average Bonchev–Trinajstić information content (AvgIpc) is 0.882. The van der Waals surface area contributed by atoms with Crippen LogP contribution in [0.1, 0.15) is 164 Å². The Morgan fingerprint density at radius 3 is 1.75 bits per heavy atom. The molecule has 23 heteroatoms. The van der Waals surface area contributed by atoms with Crippen LogP contribution in [0.2, 0.25) is 0 Å². The van der Waals surface area contributed by atoms with Crippen LogP contribution in [0.15, 0.2) is 60.7 Å². The molecule has 536 valence electrons. The first kappa shape index (κ1) is 81.3. The zero-order valence-corrected chi connectivity index (χ0v) is 60.2. The standard InChI is InChI=1S/C73H116N10O13/c1-47(2)33-55-43-75-67(90)56(34-48(3)4)44-80(13)64(88)41-57(38-53-27-21-17-22-28-53)79(12)45-59(85)29-30-74-70(93)66(51(8)84)78-63(87)40-58(35-49(5)6)82(15)71(94)54(37-52-25-19-16-20-26-52)39-60(86)36-50(7)81(14)65(89)42-61(72(95)83-31-23-18-24-32-83)76-69(92)62(77-68(55)91)46-96-73(9,10)11/h16-17,19-22,25-28,47-51,54-58,61-62,66,84H,18,23-24,29-46H2,1-15H3,(H,74,93)(H,75,90)(H,76,92)(H,77,91)(H,78,87)/t50-,51+,54+,55+,56+,57-,58-,61-,62-,66-/m0/s1. The molecule has 9 amide bonds. The van der Waals surface area contributed by atoms with Crippen LogP contribution in [0.3, 0.4) is 0 Å². The normalized spacial score (nSPS) is 25.4. The first-order valence-corrected chi connectivity index (χ1v) is 34.8. The summed E-state index contributed by atoms with van der Waals surface area (Å²) in [5.41, 5.74) is 0.934. The Kier molecular flexibility index (Phi) is 33.8. The maximum absolute atomic E-state index is 14.9. The molecule has 0 saturated carbocycles. The van der Waals surface area contributed by atoms with E-state index in [1.165, 1.54) is 28.7 Å². The first-order valence-electron chi connectivity index (χ1n) is 34.8. The summed E-state index contributed by atoms with van der Waals surface area (Å²) in [5.74, 6) is -7.81. The van der Waals surface area contributed by atoms with Gasteiger partial charge in [0.15, 0.2) is 0 Å². The summed E-state index contributed by atoms with van der Waals surface area (Å²) < 4.78 is 6.13. The fourth-order valence-electron chi connectivity index (χ4n) is 12.4. The molecule has 0 aromatic heterocycles. The Labute approximate surface area is 571 Å². The summed E-state index contributed by atoms with van der Waals surface area (Å²) in [4.78, 5) is 166. The van der Waals surface area contributed by atoms with Crippen molar-refractivity contribution in [3.63, 3.8) is 0 Å². The number of aliphatic hydroxyl groups is 1. The number of ether oxygens (including phenoxy) is 1. The Bertz CT molecular complexity index is 2860. The zero-order chi connectivity index (χ0) is 71.6. The molecule has 0 radical (unpaired) electrons. The van der Waals surface area contributed by atoms with Gasteiger partial charge in [-0.15, -0.1) is 0 Å². The Balaban J connectivity index is 1.77. The van der Waals surface area contributed by atoms with Crippen LogP contribution in [-0.2, 0) is 70.3 Å². The van der Waals surface area contributed by atoms with Crippen molar-refractivity contribution in [2.45, 2.75) is 214 Å². The monoisotopic (exact) mass is 1340 g/mol. The molecule has 23 nitrogen and oxygen atoms in total. The molecule has 2 saturated heterocycles. The predicted octanol–water partition coefficient (Wildman–Crippen LogP) is 5.28. The average molecular weight is 1340 g/mol. The van der Waals surface area contributed by atoms with E-state index in [1.807, 2.05) is 102 Å². The number of carbonyl (C=O) groups is 11. The molecular weight excluding hydrogens is 1220 g/mol. The molecule has 0 unspecified atom stereocenters. The van der Waals surface area contributed by atoms with Gasteiger partial charge in [-0.3, -0.25) is 57.6 Å². The minimum absolute atomic E-state index is 0.0135. The lowest BCUT2D eigenvalue weighted by Crippen LogP contribution is -2.58. The Morgan fingerprint density at radius 2 is 1.18 bits per heavy atom. The van der Waals surface area contributed by atoms with Gasteiger partial charge in [-0.2, -0.15) is 0 Å². The number of rotatable bonds is 14. The van der Waals surface area contributed by atoms with Crippen molar-refractivity contribution in [1.29, 1.82) is 0 Å². The van der Waals surface area contributed by atoms with Crippen LogP contribution in [0.4, 0.5) is 0 Å². The van der Waals surface area contributed by atoms with Gasteiger partial charge < -0.3 is 56.0 Å². The zero-order valence-electron chi connectivity index (χ0n) is 60.2. The number of carbonyl (C=O) groups excluding carboxylic acids is 11. The second-order valence-corrected chi connectivity index (χ2v) is 29.3. The van der Waals surface area contributed by atoms with Crippen molar-refractivity contribution in [3.8, 4) is 0 Å². The van der Waals surface area contributed by atoms with Gasteiger partial charge in [0, 0.05) is 110 Å². The number of aliphatic hydroxyl groups excluding tert-OH is 1. The number of hydrogen-bond acceptors (Lipinski definition) is 14. The molecule has 10 atom stereocenters. The fraction of sp³-hybridized carbons (Fsp3) is 0.685. The molecular formula is C73H116N10O13. The number of piperidine rings is 1. The van der Waals surface area contributed by atoms with Crippen molar-refractivity contribution in [3.05, 3.63) is 71.8 Å². The van der Waals surface area contributed by atoms with Crippen LogP contribution >= 0.6 is 0 Å². The third kappa shape index (κ3) is 28.5. The van der Waals surface area contributed by atoms with Gasteiger partial charge >= 0.3 is 0 Å². The van der Waals surface area contributed by atoms with E-state index in [-0.39, 0.29) is 112 Å². The highest BCUT2D eigenvalue weighted by Gasteiger charge is 2.38. The predicted molar refractivity (Wildman–Crippen MR) is 369 cm³/mol. The lowest BCUT2D eigenvalue weighted by molar-refractivity contribution is -0.143. The summed E-state index contributed by atoms with van der Waals surface area (Å²) in [7, 11) is 6.47. The van der Waals surface area contributed by atoms with Gasteiger partial charge in [0.1, 0.15) is 29.7 Å². The van der Waals surface area contributed by atoms with E-state index < -0.39 is 113 Å². The van der Waals surface area contributed by atoms with Crippen LogP contribution in [0, 0.1) is 35.5 Å². The molecule has 2 aliphatic rings. The largest absolute Gasteiger partial charge is 0.391 e. The smallest absolute Gasteiger partial charge is 0.245 e. The highest BCUT2D eigenvalue weighted by atomic mass is 16.5. The SMILES string of the molecule is CC(C)C[C@@H]1CN(C)C(=O)C[C@H](Cc2ccccc2)N(C)CC(=O)CCNC(=O)[C@H]([C@@H](C)O)NC(=O)C[C@H](CC(C)C)N(C)C(=O)[C@H](Cc2ccccc2)CC(=O)C[C@H](C)N(C)C(=O)C[C@@H](C(=O)N2CCCCC2)NC(=O)[C@H](COC(C)(C)C)NC(=O)[C@H](CC(C)C)CNC1=O.